The number of anilines is 3. The van der Waals surface area contributed by atoms with Crippen LogP contribution in [0.15, 0.2) is 47.6 Å². The first-order valence-electron chi connectivity index (χ1n) is 17.3. The van der Waals surface area contributed by atoms with Gasteiger partial charge in [-0.25, -0.2) is 4.90 Å². The van der Waals surface area contributed by atoms with Gasteiger partial charge in [0.2, 0.25) is 11.8 Å². The molecule has 1 unspecified atom stereocenters. The van der Waals surface area contributed by atoms with Crippen LogP contribution in [0.2, 0.25) is 20.1 Å². The Balaban J connectivity index is 1.21. The monoisotopic (exact) mass is 734 g/mol. The lowest BCUT2D eigenvalue weighted by molar-refractivity contribution is -0.122. The molecule has 2 aliphatic heterocycles. The maximum atomic E-state index is 13.3. The van der Waals surface area contributed by atoms with E-state index in [9.17, 15) is 14.4 Å². The van der Waals surface area contributed by atoms with Crippen LogP contribution in [-0.4, -0.2) is 23.6 Å². The quantitative estimate of drug-likeness (QED) is 0.0884. The van der Waals surface area contributed by atoms with Gasteiger partial charge in [-0.2, -0.15) is 10.1 Å². The number of amidine groups is 1. The molecule has 3 amide bonds. The predicted molar refractivity (Wildman–Crippen MR) is 201 cm³/mol. The Labute approximate surface area is 305 Å². The van der Waals surface area contributed by atoms with Gasteiger partial charge >= 0.3 is 0 Å². The summed E-state index contributed by atoms with van der Waals surface area (Å²) in [6.07, 6.45) is 23.3. The molecule has 0 aromatic heterocycles. The summed E-state index contributed by atoms with van der Waals surface area (Å²) >= 11 is 25.1. The van der Waals surface area contributed by atoms with Gasteiger partial charge in [0.25, 0.3) is 5.91 Å². The number of halogens is 4. The average molecular weight is 737 g/mol. The van der Waals surface area contributed by atoms with Gasteiger partial charge in [0.05, 0.1) is 38.8 Å². The molecule has 2 aliphatic rings. The van der Waals surface area contributed by atoms with Gasteiger partial charge in [0.1, 0.15) is 11.5 Å². The maximum Gasteiger partial charge on any atom is 0.255 e. The average Bonchev–Trinajstić information content (AvgIpc) is 3.54. The Morgan fingerprint density at radius 1 is 0.771 bits per heavy atom. The molecule has 2 aromatic carbocycles. The molecule has 0 bridgehead atoms. The van der Waals surface area contributed by atoms with Crippen LogP contribution in [0.1, 0.15) is 116 Å². The van der Waals surface area contributed by atoms with Crippen LogP contribution in [0.5, 0.6) is 0 Å². The summed E-state index contributed by atoms with van der Waals surface area (Å²) in [7, 11) is 0. The predicted octanol–water partition coefficient (Wildman–Crippen LogP) is 11.8. The second-order valence-corrected chi connectivity index (χ2v) is 14.3. The molecule has 0 spiro atoms. The Morgan fingerprint density at radius 2 is 1.35 bits per heavy atom. The van der Waals surface area contributed by atoms with Gasteiger partial charge in [-0.15, -0.1) is 0 Å². The van der Waals surface area contributed by atoms with E-state index in [-0.39, 0.29) is 46.3 Å². The highest BCUT2D eigenvalue weighted by atomic mass is 35.5. The number of hydrazone groups is 1. The van der Waals surface area contributed by atoms with Crippen LogP contribution in [0, 0.1) is 5.92 Å². The van der Waals surface area contributed by atoms with Crippen molar-refractivity contribution in [2.75, 3.05) is 15.2 Å². The third-order valence-corrected chi connectivity index (χ3v) is 9.85. The van der Waals surface area contributed by atoms with Crippen molar-refractivity contribution < 1.29 is 14.4 Å². The smallest absolute Gasteiger partial charge is 0.255 e. The summed E-state index contributed by atoms with van der Waals surface area (Å²) in [6.45, 7) is 2.26. The first-order chi connectivity index (χ1) is 23.2. The highest BCUT2D eigenvalue weighted by Gasteiger charge is 2.38. The fraction of sp³-hybridized carbons (Fsp3) is 0.514. The number of unbranched alkanes of at least 4 members (excludes halogenated alkanes) is 14. The Hall–Kier alpha value is -2.58. The minimum atomic E-state index is -0.490. The number of benzene rings is 2. The van der Waals surface area contributed by atoms with Crippen molar-refractivity contribution >= 4 is 87.0 Å². The topological polar surface area (TPSA) is 82.1 Å². The molecule has 48 heavy (non-hydrogen) atoms. The molecule has 2 aromatic rings. The molecule has 0 saturated carbocycles. The molecule has 4 rings (SSSR count). The van der Waals surface area contributed by atoms with Crippen LogP contribution in [0.3, 0.4) is 0 Å². The van der Waals surface area contributed by atoms with E-state index in [0.29, 0.717) is 27.3 Å². The lowest BCUT2D eigenvalue weighted by atomic mass is 10.0. The third kappa shape index (κ3) is 11.0. The lowest BCUT2D eigenvalue weighted by Gasteiger charge is -2.17. The van der Waals surface area contributed by atoms with Crippen molar-refractivity contribution in [3.05, 3.63) is 62.6 Å². The van der Waals surface area contributed by atoms with Gasteiger partial charge in [0, 0.05) is 11.4 Å². The molecule has 2 heterocycles. The van der Waals surface area contributed by atoms with Gasteiger partial charge in [-0.05, 0) is 43.2 Å². The molecule has 11 heteroatoms. The van der Waals surface area contributed by atoms with E-state index in [0.717, 1.165) is 17.9 Å². The zero-order valence-corrected chi connectivity index (χ0v) is 30.7. The van der Waals surface area contributed by atoms with Gasteiger partial charge in [-0.1, -0.05) is 149 Å². The van der Waals surface area contributed by atoms with E-state index in [1.165, 1.54) is 101 Å². The fourth-order valence-electron chi connectivity index (χ4n) is 6.11. The second kappa shape index (κ2) is 19.6. The molecule has 1 fully saturated rings. The number of allylic oxidation sites excluding steroid dienone is 1. The van der Waals surface area contributed by atoms with Crippen LogP contribution in [-0.2, 0) is 14.4 Å². The second-order valence-electron chi connectivity index (χ2n) is 12.6. The molecule has 7 nitrogen and oxygen atoms in total. The standard InChI is InChI=1S/C37H46Cl4N4O3/c1-2-3-4-5-6-7-8-9-10-11-12-13-14-15-16-17-18-26-21-34(46)44(37(26)48)28-19-20-29(39)32(24-28)42-33-25-35(47)45(43-33)36-30(40)22-27(38)23-31(36)41/h17-20,22-24,26H,2-16,21,25H2,1H3,(H,42,43). The zero-order chi connectivity index (χ0) is 34.5. The Bertz CT molecular complexity index is 1470. The van der Waals surface area contributed by atoms with Crippen molar-refractivity contribution in [3.8, 4) is 0 Å². The molecule has 0 aliphatic carbocycles. The van der Waals surface area contributed by atoms with Crippen molar-refractivity contribution in [1.29, 1.82) is 0 Å². The summed E-state index contributed by atoms with van der Waals surface area (Å²) in [6, 6.07) is 7.79. The number of carbonyl (C=O) groups excluding carboxylic acids is 3. The Morgan fingerprint density at radius 3 is 1.96 bits per heavy atom. The number of amides is 3. The van der Waals surface area contributed by atoms with E-state index < -0.39 is 5.92 Å². The number of hydrogen-bond donors (Lipinski definition) is 1. The maximum absolute atomic E-state index is 13.3. The van der Waals surface area contributed by atoms with Crippen LogP contribution >= 0.6 is 46.4 Å². The highest BCUT2D eigenvalue weighted by Crippen LogP contribution is 2.39. The van der Waals surface area contributed by atoms with E-state index in [2.05, 4.69) is 17.3 Å². The molecular weight excluding hydrogens is 690 g/mol. The van der Waals surface area contributed by atoms with E-state index in [1.807, 2.05) is 12.2 Å². The number of nitrogens with zero attached hydrogens (tertiary/aromatic N) is 3. The minimum Gasteiger partial charge on any atom is -0.341 e. The molecule has 1 atom stereocenters. The minimum absolute atomic E-state index is 0.0659. The van der Waals surface area contributed by atoms with E-state index in [4.69, 9.17) is 46.4 Å². The van der Waals surface area contributed by atoms with Crippen molar-refractivity contribution in [1.82, 2.24) is 0 Å². The first-order valence-corrected chi connectivity index (χ1v) is 18.9. The molecular formula is C37H46Cl4N4O3. The number of nitrogens with one attached hydrogen (secondary N) is 1. The van der Waals surface area contributed by atoms with Gasteiger partial charge in [0.15, 0.2) is 0 Å². The van der Waals surface area contributed by atoms with Gasteiger partial charge in [-0.3, -0.25) is 14.4 Å². The van der Waals surface area contributed by atoms with E-state index >= 15 is 0 Å². The largest absolute Gasteiger partial charge is 0.341 e. The summed E-state index contributed by atoms with van der Waals surface area (Å²) < 4.78 is 0. The van der Waals surface area contributed by atoms with Gasteiger partial charge < -0.3 is 5.32 Å². The molecule has 1 saturated heterocycles. The van der Waals surface area contributed by atoms with Crippen LogP contribution in [0.25, 0.3) is 0 Å². The highest BCUT2D eigenvalue weighted by molar-refractivity contribution is 6.43. The zero-order valence-electron chi connectivity index (χ0n) is 27.7. The van der Waals surface area contributed by atoms with Crippen LogP contribution in [0.4, 0.5) is 17.1 Å². The summed E-state index contributed by atoms with van der Waals surface area (Å²) in [5, 5.41) is 9.55. The van der Waals surface area contributed by atoms with Crippen molar-refractivity contribution in [2.24, 2.45) is 11.0 Å². The lowest BCUT2D eigenvalue weighted by Crippen LogP contribution is -2.30. The summed E-state index contributed by atoms with van der Waals surface area (Å²) in [5.41, 5.74) is 1.01. The van der Waals surface area contributed by atoms with E-state index in [1.54, 1.807) is 18.2 Å². The number of rotatable bonds is 19. The molecule has 1 N–H and O–H groups in total. The van der Waals surface area contributed by atoms with Crippen LogP contribution < -0.4 is 15.2 Å². The summed E-state index contributed by atoms with van der Waals surface area (Å²) in [5.74, 6) is -1.09. The van der Waals surface area contributed by atoms with Crippen molar-refractivity contribution in [2.45, 2.75) is 116 Å². The first kappa shape index (κ1) is 38.2. The summed E-state index contributed by atoms with van der Waals surface area (Å²) in [4.78, 5) is 40.2. The normalized spacial score (nSPS) is 16.6. The number of hydrogen-bond acceptors (Lipinski definition) is 5. The fourth-order valence-corrected chi connectivity index (χ4v) is 7.25. The number of carbonyl (C=O) groups is 3. The van der Waals surface area contributed by atoms with Crippen molar-refractivity contribution in [3.63, 3.8) is 0 Å². The third-order valence-electron chi connectivity index (χ3n) is 8.73. The number of imide groups is 1. The Kier molecular flexibility index (Phi) is 15.6. The molecule has 260 valence electrons. The molecule has 0 radical (unpaired) electrons. The SMILES string of the molecule is CCCCCCCCCCCCCCCCC=CC1CC(=O)N(c2ccc(Cl)c(NC3=NN(c4c(Cl)cc(Cl)cc4Cl)C(=O)C3)c2)C1=O.